The van der Waals surface area contributed by atoms with Crippen LogP contribution in [0.15, 0.2) is 52.9 Å². The number of carbonyl (C=O) groups excluding carboxylic acids is 1. The largest absolute Gasteiger partial charge is 0.330 e. The minimum absolute atomic E-state index is 0.0536. The monoisotopic (exact) mass is 384 g/mol. The number of aromatic nitrogens is 2. The van der Waals surface area contributed by atoms with E-state index in [0.29, 0.717) is 5.13 Å². The van der Waals surface area contributed by atoms with E-state index in [9.17, 15) is 4.79 Å². The Hall–Kier alpha value is -2.38. The number of thioether (sulfide) groups is 1. The SMILES string of the molecule is Cc1ccc(NC(=O)C(C)Sc2nnc(Nc3ccc(C)cc3)s2)cc1. The molecule has 1 unspecified atom stereocenters. The Morgan fingerprint density at radius 1 is 0.962 bits per heavy atom. The molecule has 0 aliphatic carbocycles. The van der Waals surface area contributed by atoms with E-state index in [1.165, 1.54) is 28.7 Å². The number of nitrogens with one attached hydrogen (secondary N) is 2. The van der Waals surface area contributed by atoms with Crippen LogP contribution < -0.4 is 10.6 Å². The Morgan fingerprint density at radius 2 is 1.54 bits per heavy atom. The highest BCUT2D eigenvalue weighted by atomic mass is 32.2. The maximum atomic E-state index is 12.3. The lowest BCUT2D eigenvalue weighted by Gasteiger charge is -2.10. The lowest BCUT2D eigenvalue weighted by atomic mass is 10.2. The molecule has 0 radical (unpaired) electrons. The van der Waals surface area contributed by atoms with E-state index in [0.717, 1.165) is 21.3 Å². The van der Waals surface area contributed by atoms with Gasteiger partial charge in [-0.25, -0.2) is 0 Å². The highest BCUT2D eigenvalue weighted by molar-refractivity contribution is 8.02. The van der Waals surface area contributed by atoms with Crippen molar-refractivity contribution in [1.82, 2.24) is 10.2 Å². The third-order valence-electron chi connectivity index (χ3n) is 3.68. The minimum Gasteiger partial charge on any atom is -0.330 e. The van der Waals surface area contributed by atoms with Gasteiger partial charge in [-0.1, -0.05) is 58.5 Å². The molecular weight excluding hydrogens is 364 g/mol. The fourth-order valence-corrected chi connectivity index (χ4v) is 4.07. The van der Waals surface area contributed by atoms with Crippen LogP contribution in [0.2, 0.25) is 0 Å². The van der Waals surface area contributed by atoms with Crippen molar-refractivity contribution in [2.24, 2.45) is 0 Å². The van der Waals surface area contributed by atoms with Gasteiger partial charge in [0.15, 0.2) is 4.34 Å². The second kappa shape index (κ2) is 8.33. The first-order valence-electron chi connectivity index (χ1n) is 8.21. The number of hydrogen-bond donors (Lipinski definition) is 2. The first-order chi connectivity index (χ1) is 12.5. The Labute approximate surface area is 161 Å². The van der Waals surface area contributed by atoms with Crippen molar-refractivity contribution in [1.29, 1.82) is 0 Å². The van der Waals surface area contributed by atoms with Gasteiger partial charge in [-0.15, -0.1) is 10.2 Å². The summed E-state index contributed by atoms with van der Waals surface area (Å²) in [5.74, 6) is -0.0536. The number of carbonyl (C=O) groups is 1. The molecular formula is C19H20N4OS2. The number of rotatable bonds is 6. The molecule has 134 valence electrons. The zero-order valence-corrected chi connectivity index (χ0v) is 16.4. The van der Waals surface area contributed by atoms with Gasteiger partial charge in [0.25, 0.3) is 0 Å². The molecule has 3 rings (SSSR count). The second-order valence-electron chi connectivity index (χ2n) is 5.98. The van der Waals surface area contributed by atoms with Gasteiger partial charge >= 0.3 is 0 Å². The summed E-state index contributed by atoms with van der Waals surface area (Å²) < 4.78 is 0.756. The van der Waals surface area contributed by atoms with Gasteiger partial charge in [0.1, 0.15) is 0 Å². The first-order valence-corrected chi connectivity index (χ1v) is 9.90. The number of hydrogen-bond acceptors (Lipinski definition) is 6. The molecule has 0 saturated heterocycles. The summed E-state index contributed by atoms with van der Waals surface area (Å²) in [6.07, 6.45) is 0. The smallest absolute Gasteiger partial charge is 0.237 e. The summed E-state index contributed by atoms with van der Waals surface area (Å²) in [6, 6.07) is 15.8. The Balaban J connectivity index is 1.56. The van der Waals surface area contributed by atoms with Crippen molar-refractivity contribution in [2.45, 2.75) is 30.4 Å². The molecule has 1 heterocycles. The van der Waals surface area contributed by atoms with Crippen molar-refractivity contribution in [3.05, 3.63) is 59.7 Å². The van der Waals surface area contributed by atoms with Crippen LogP contribution in [0.1, 0.15) is 18.1 Å². The molecule has 0 aliphatic rings. The van der Waals surface area contributed by atoms with E-state index in [1.807, 2.05) is 69.3 Å². The summed E-state index contributed by atoms with van der Waals surface area (Å²) in [7, 11) is 0. The van der Waals surface area contributed by atoms with Crippen molar-refractivity contribution in [3.8, 4) is 0 Å². The Kier molecular flexibility index (Phi) is 5.90. The molecule has 2 N–H and O–H groups in total. The van der Waals surface area contributed by atoms with Gasteiger partial charge in [-0.2, -0.15) is 0 Å². The van der Waals surface area contributed by atoms with Crippen LogP contribution in [-0.2, 0) is 4.79 Å². The Morgan fingerprint density at radius 3 is 2.15 bits per heavy atom. The average Bonchev–Trinajstić information content (AvgIpc) is 3.06. The van der Waals surface area contributed by atoms with Crippen molar-refractivity contribution >= 4 is 45.5 Å². The highest BCUT2D eigenvalue weighted by Crippen LogP contribution is 2.30. The summed E-state index contributed by atoms with van der Waals surface area (Å²) in [6.45, 7) is 5.93. The number of aryl methyl sites for hydroxylation is 2. The quantitative estimate of drug-likeness (QED) is 0.584. The molecule has 2 aromatic carbocycles. The topological polar surface area (TPSA) is 66.9 Å². The van der Waals surface area contributed by atoms with Gasteiger partial charge in [-0.05, 0) is 45.0 Å². The van der Waals surface area contributed by atoms with Crippen LogP contribution in [-0.4, -0.2) is 21.4 Å². The third kappa shape index (κ3) is 5.06. The lowest BCUT2D eigenvalue weighted by molar-refractivity contribution is -0.115. The molecule has 1 aromatic heterocycles. The van der Waals surface area contributed by atoms with Gasteiger partial charge in [0.2, 0.25) is 11.0 Å². The van der Waals surface area contributed by atoms with Crippen LogP contribution in [0.25, 0.3) is 0 Å². The maximum Gasteiger partial charge on any atom is 0.237 e. The van der Waals surface area contributed by atoms with Crippen LogP contribution >= 0.6 is 23.1 Å². The summed E-state index contributed by atoms with van der Waals surface area (Å²) >= 11 is 2.84. The predicted octanol–water partition coefficient (Wildman–Crippen LogP) is 5.02. The molecule has 0 aliphatic heterocycles. The number of nitrogens with zero attached hydrogens (tertiary/aromatic N) is 2. The molecule has 26 heavy (non-hydrogen) atoms. The van der Waals surface area contributed by atoms with E-state index in [2.05, 4.69) is 20.8 Å². The van der Waals surface area contributed by atoms with E-state index < -0.39 is 0 Å². The molecule has 3 aromatic rings. The molecule has 0 saturated carbocycles. The van der Waals surface area contributed by atoms with Gasteiger partial charge in [0.05, 0.1) is 5.25 Å². The van der Waals surface area contributed by atoms with Crippen LogP contribution in [0.5, 0.6) is 0 Å². The molecule has 1 amide bonds. The molecule has 0 fully saturated rings. The number of benzene rings is 2. The fraction of sp³-hybridized carbons (Fsp3) is 0.211. The van der Waals surface area contributed by atoms with Crippen LogP contribution in [0.3, 0.4) is 0 Å². The van der Waals surface area contributed by atoms with Gasteiger partial charge in [0, 0.05) is 11.4 Å². The predicted molar refractivity (Wildman–Crippen MR) is 109 cm³/mol. The maximum absolute atomic E-state index is 12.3. The van der Waals surface area contributed by atoms with Crippen molar-refractivity contribution in [2.75, 3.05) is 10.6 Å². The van der Waals surface area contributed by atoms with E-state index >= 15 is 0 Å². The fourth-order valence-electron chi connectivity index (χ4n) is 2.15. The zero-order chi connectivity index (χ0) is 18.5. The number of amides is 1. The zero-order valence-electron chi connectivity index (χ0n) is 14.8. The first kappa shape index (κ1) is 18.4. The highest BCUT2D eigenvalue weighted by Gasteiger charge is 2.17. The Bertz CT molecular complexity index is 875. The summed E-state index contributed by atoms with van der Waals surface area (Å²) in [5, 5.41) is 14.9. The lowest BCUT2D eigenvalue weighted by Crippen LogP contribution is -2.22. The van der Waals surface area contributed by atoms with Gasteiger partial charge in [-0.3, -0.25) is 4.79 Å². The molecule has 0 spiro atoms. The molecule has 0 bridgehead atoms. The van der Waals surface area contributed by atoms with Gasteiger partial charge < -0.3 is 10.6 Å². The molecule has 5 nitrogen and oxygen atoms in total. The van der Waals surface area contributed by atoms with E-state index in [-0.39, 0.29) is 11.2 Å². The third-order valence-corrected chi connectivity index (χ3v) is 5.70. The summed E-state index contributed by atoms with van der Waals surface area (Å²) in [4.78, 5) is 12.3. The van der Waals surface area contributed by atoms with Crippen LogP contribution in [0, 0.1) is 13.8 Å². The summed E-state index contributed by atoms with van der Waals surface area (Å²) in [5.41, 5.74) is 4.13. The van der Waals surface area contributed by atoms with E-state index in [4.69, 9.17) is 0 Å². The molecule has 7 heteroatoms. The average molecular weight is 385 g/mol. The number of anilines is 3. The standard InChI is InChI=1S/C19H20N4OS2/c1-12-4-8-15(9-5-12)20-17(24)14(3)25-19-23-22-18(26-19)21-16-10-6-13(2)7-11-16/h4-11,14H,1-3H3,(H,20,24)(H,21,22). The minimum atomic E-state index is -0.267. The van der Waals surface area contributed by atoms with Crippen molar-refractivity contribution in [3.63, 3.8) is 0 Å². The second-order valence-corrected chi connectivity index (χ2v) is 8.54. The normalized spacial score (nSPS) is 11.8. The molecule has 1 atom stereocenters. The van der Waals surface area contributed by atoms with Crippen molar-refractivity contribution < 1.29 is 4.79 Å². The van der Waals surface area contributed by atoms with E-state index in [1.54, 1.807) is 0 Å². The van der Waals surface area contributed by atoms with Crippen LogP contribution in [0.4, 0.5) is 16.5 Å².